The van der Waals surface area contributed by atoms with Crippen molar-refractivity contribution in [3.05, 3.63) is 48.0 Å². The van der Waals surface area contributed by atoms with E-state index in [-0.39, 0.29) is 5.91 Å². The fourth-order valence-corrected chi connectivity index (χ4v) is 5.37. The number of thiazole rings is 1. The third-order valence-electron chi connectivity index (χ3n) is 5.22. The quantitative estimate of drug-likeness (QED) is 0.468. The summed E-state index contributed by atoms with van der Waals surface area (Å²) in [4.78, 5) is 23.7. The Bertz CT molecular complexity index is 1030. The van der Waals surface area contributed by atoms with Gasteiger partial charge in [-0.25, -0.2) is 4.98 Å². The number of amides is 1. The minimum atomic E-state index is -0.00386. The standard InChI is InChI=1S/C23H27N3O3S2/c1-3-30-20-7-5-4-6-18(20)22(27)26(11-10-25-12-14-29-15-13-25)23-24-19-9-8-17(28-2)16-21(19)31-23/h4-9,16H,3,10-15H2,1-2H3. The molecule has 0 saturated carbocycles. The van der Waals surface area contributed by atoms with E-state index in [2.05, 4.69) is 11.8 Å². The van der Waals surface area contributed by atoms with Crippen LogP contribution >= 0.6 is 23.1 Å². The maximum Gasteiger partial charge on any atom is 0.261 e. The minimum absolute atomic E-state index is 0.00386. The second-order valence-electron chi connectivity index (χ2n) is 7.17. The summed E-state index contributed by atoms with van der Waals surface area (Å²) in [6.07, 6.45) is 0. The van der Waals surface area contributed by atoms with Crippen molar-refractivity contribution in [2.24, 2.45) is 0 Å². The van der Waals surface area contributed by atoms with Crippen LogP contribution in [0.2, 0.25) is 0 Å². The molecule has 6 nitrogen and oxygen atoms in total. The highest BCUT2D eigenvalue weighted by atomic mass is 32.2. The van der Waals surface area contributed by atoms with Crippen LogP contribution in [0.15, 0.2) is 47.4 Å². The second kappa shape index (κ2) is 10.5. The number of morpholine rings is 1. The molecule has 2 heterocycles. The number of anilines is 1. The normalized spacial score (nSPS) is 14.6. The number of ether oxygens (including phenoxy) is 2. The number of fused-ring (bicyclic) bond motifs is 1. The number of benzene rings is 2. The first-order valence-electron chi connectivity index (χ1n) is 10.5. The van der Waals surface area contributed by atoms with Crippen LogP contribution < -0.4 is 9.64 Å². The number of hydrogen-bond donors (Lipinski definition) is 0. The predicted molar refractivity (Wildman–Crippen MR) is 128 cm³/mol. The van der Waals surface area contributed by atoms with E-state index in [1.807, 2.05) is 47.4 Å². The maximum absolute atomic E-state index is 13.7. The average molecular weight is 458 g/mol. The summed E-state index contributed by atoms with van der Waals surface area (Å²) in [7, 11) is 1.66. The van der Waals surface area contributed by atoms with Crippen LogP contribution in [-0.2, 0) is 4.74 Å². The van der Waals surface area contributed by atoms with E-state index >= 15 is 0 Å². The fourth-order valence-electron chi connectivity index (χ4n) is 3.56. The molecule has 0 N–H and O–H groups in total. The van der Waals surface area contributed by atoms with E-state index in [0.29, 0.717) is 6.54 Å². The molecule has 2 aromatic carbocycles. The first-order valence-corrected chi connectivity index (χ1v) is 12.3. The van der Waals surface area contributed by atoms with Gasteiger partial charge in [0, 0.05) is 31.1 Å². The summed E-state index contributed by atoms with van der Waals surface area (Å²) in [5.74, 6) is 1.70. The van der Waals surface area contributed by atoms with Crippen molar-refractivity contribution in [1.82, 2.24) is 9.88 Å². The molecule has 31 heavy (non-hydrogen) atoms. The van der Waals surface area contributed by atoms with Gasteiger partial charge in [0.1, 0.15) is 5.75 Å². The molecule has 0 aliphatic carbocycles. The molecule has 4 rings (SSSR count). The first-order chi connectivity index (χ1) is 15.2. The minimum Gasteiger partial charge on any atom is -0.497 e. The Morgan fingerprint density at radius 3 is 2.84 bits per heavy atom. The monoisotopic (exact) mass is 457 g/mol. The number of nitrogens with zero attached hydrogens (tertiary/aromatic N) is 3. The largest absolute Gasteiger partial charge is 0.497 e. The zero-order valence-corrected chi connectivity index (χ0v) is 19.5. The number of carbonyl (C=O) groups excluding carboxylic acids is 1. The zero-order chi connectivity index (χ0) is 21.6. The summed E-state index contributed by atoms with van der Waals surface area (Å²) < 4.78 is 11.8. The lowest BCUT2D eigenvalue weighted by molar-refractivity contribution is 0.0391. The molecule has 0 bridgehead atoms. The van der Waals surface area contributed by atoms with Crippen LogP contribution in [0.5, 0.6) is 5.75 Å². The number of hydrogen-bond acceptors (Lipinski definition) is 7. The summed E-state index contributed by atoms with van der Waals surface area (Å²) in [5.41, 5.74) is 1.61. The SMILES string of the molecule is CCSc1ccccc1C(=O)N(CCN1CCOCC1)c1nc2ccc(OC)cc2s1. The predicted octanol–water partition coefficient (Wildman–Crippen LogP) is 4.40. The lowest BCUT2D eigenvalue weighted by Gasteiger charge is -2.29. The number of aromatic nitrogens is 1. The molecule has 1 fully saturated rings. The van der Waals surface area contributed by atoms with Gasteiger partial charge < -0.3 is 9.47 Å². The molecule has 0 spiro atoms. The van der Waals surface area contributed by atoms with Crippen LogP contribution in [0.4, 0.5) is 5.13 Å². The average Bonchev–Trinajstić information content (AvgIpc) is 3.23. The zero-order valence-electron chi connectivity index (χ0n) is 17.9. The summed E-state index contributed by atoms with van der Waals surface area (Å²) in [6, 6.07) is 13.7. The molecular weight excluding hydrogens is 430 g/mol. The summed E-state index contributed by atoms with van der Waals surface area (Å²) in [6.45, 7) is 6.74. The van der Waals surface area contributed by atoms with Gasteiger partial charge in [-0.3, -0.25) is 14.6 Å². The molecule has 1 aromatic heterocycles. The van der Waals surface area contributed by atoms with Crippen LogP contribution in [0.25, 0.3) is 10.2 Å². The molecule has 1 amide bonds. The molecule has 0 radical (unpaired) electrons. The van der Waals surface area contributed by atoms with Crippen molar-refractivity contribution in [2.45, 2.75) is 11.8 Å². The Kier molecular flexibility index (Phi) is 7.45. The second-order valence-corrected chi connectivity index (χ2v) is 9.49. The van der Waals surface area contributed by atoms with Gasteiger partial charge in [-0.05, 0) is 36.1 Å². The number of thioether (sulfide) groups is 1. The van der Waals surface area contributed by atoms with Crippen molar-refractivity contribution >= 4 is 44.4 Å². The fraction of sp³-hybridized carbons (Fsp3) is 0.391. The van der Waals surface area contributed by atoms with Gasteiger partial charge in [0.05, 0.1) is 36.1 Å². The van der Waals surface area contributed by atoms with E-state index in [0.717, 1.165) is 70.2 Å². The Labute approximate surface area is 191 Å². The number of rotatable bonds is 8. The van der Waals surface area contributed by atoms with E-state index in [4.69, 9.17) is 14.5 Å². The Morgan fingerprint density at radius 1 is 1.26 bits per heavy atom. The molecule has 1 saturated heterocycles. The molecule has 0 unspecified atom stereocenters. The van der Waals surface area contributed by atoms with E-state index in [1.54, 1.807) is 18.9 Å². The topological polar surface area (TPSA) is 54.9 Å². The smallest absolute Gasteiger partial charge is 0.261 e. The molecule has 164 valence electrons. The van der Waals surface area contributed by atoms with Gasteiger partial charge in [-0.15, -0.1) is 11.8 Å². The molecular formula is C23H27N3O3S2. The van der Waals surface area contributed by atoms with Crippen LogP contribution in [0.3, 0.4) is 0 Å². The third kappa shape index (κ3) is 5.20. The van der Waals surface area contributed by atoms with Crippen LogP contribution in [0.1, 0.15) is 17.3 Å². The molecule has 8 heteroatoms. The lowest BCUT2D eigenvalue weighted by Crippen LogP contribution is -2.43. The van der Waals surface area contributed by atoms with Crippen molar-refractivity contribution in [2.75, 3.05) is 57.2 Å². The van der Waals surface area contributed by atoms with Crippen molar-refractivity contribution < 1.29 is 14.3 Å². The number of methoxy groups -OCH3 is 1. The lowest BCUT2D eigenvalue weighted by atomic mass is 10.2. The number of carbonyl (C=O) groups is 1. The van der Waals surface area contributed by atoms with Gasteiger partial charge in [-0.2, -0.15) is 0 Å². The first kappa shape index (κ1) is 22.1. The van der Waals surface area contributed by atoms with Gasteiger partial charge in [-0.1, -0.05) is 30.4 Å². The van der Waals surface area contributed by atoms with Gasteiger partial charge >= 0.3 is 0 Å². The van der Waals surface area contributed by atoms with E-state index in [1.165, 1.54) is 11.3 Å². The summed E-state index contributed by atoms with van der Waals surface area (Å²) >= 11 is 3.22. The molecule has 1 aliphatic heterocycles. The Morgan fingerprint density at radius 2 is 2.06 bits per heavy atom. The van der Waals surface area contributed by atoms with Crippen molar-refractivity contribution in [3.63, 3.8) is 0 Å². The third-order valence-corrected chi connectivity index (χ3v) is 7.22. The molecule has 1 aliphatic rings. The van der Waals surface area contributed by atoms with Gasteiger partial charge in [0.15, 0.2) is 5.13 Å². The maximum atomic E-state index is 13.7. The van der Waals surface area contributed by atoms with E-state index < -0.39 is 0 Å². The Balaban J connectivity index is 1.66. The van der Waals surface area contributed by atoms with Crippen molar-refractivity contribution in [1.29, 1.82) is 0 Å². The molecule has 0 atom stereocenters. The van der Waals surface area contributed by atoms with Crippen molar-refractivity contribution in [3.8, 4) is 5.75 Å². The highest BCUT2D eigenvalue weighted by Gasteiger charge is 2.24. The van der Waals surface area contributed by atoms with E-state index in [9.17, 15) is 4.79 Å². The summed E-state index contributed by atoms with van der Waals surface area (Å²) in [5, 5.41) is 0.720. The van der Waals surface area contributed by atoms with Gasteiger partial charge in [0.25, 0.3) is 5.91 Å². The Hall–Kier alpha value is -2.13. The molecule has 3 aromatic rings. The van der Waals surface area contributed by atoms with Gasteiger partial charge in [0.2, 0.25) is 0 Å². The van der Waals surface area contributed by atoms with Crippen LogP contribution in [0, 0.1) is 0 Å². The highest BCUT2D eigenvalue weighted by molar-refractivity contribution is 7.99. The van der Waals surface area contributed by atoms with Crippen LogP contribution in [-0.4, -0.2) is 68.0 Å². The highest BCUT2D eigenvalue weighted by Crippen LogP contribution is 2.33.